The molecule has 3 aromatic rings. The minimum atomic E-state index is -0.273. The van der Waals surface area contributed by atoms with E-state index in [1.807, 2.05) is 60.0 Å². The van der Waals surface area contributed by atoms with E-state index in [2.05, 4.69) is 34.8 Å². The van der Waals surface area contributed by atoms with Gasteiger partial charge in [-0.3, -0.25) is 5.32 Å². The molecule has 2 amide bonds. The normalized spacial score (nSPS) is 11.1. The second kappa shape index (κ2) is 10.8. The molecule has 164 valence electrons. The fraction of sp³-hybridized carbons (Fsp3) is 0.333. The highest BCUT2D eigenvalue weighted by molar-refractivity contribution is 7.13. The molecule has 0 atom stereocenters. The first kappa shape index (κ1) is 22.6. The van der Waals surface area contributed by atoms with Crippen molar-refractivity contribution in [1.29, 1.82) is 0 Å². The second-order valence-electron chi connectivity index (χ2n) is 7.77. The van der Waals surface area contributed by atoms with Crippen molar-refractivity contribution < 1.29 is 9.53 Å². The average Bonchev–Trinajstić information content (AvgIpc) is 3.26. The number of unbranched alkanes of at least 4 members (excludes halogenated alkanes) is 1. The number of anilines is 2. The van der Waals surface area contributed by atoms with Gasteiger partial charge in [-0.2, -0.15) is 0 Å². The second-order valence-corrected chi connectivity index (χ2v) is 8.63. The lowest BCUT2D eigenvalue weighted by molar-refractivity contribution is 0.252. The number of para-hydroxylation sites is 1. The molecule has 2 aromatic carbocycles. The lowest BCUT2D eigenvalue weighted by Gasteiger charge is -2.23. The Balaban J connectivity index is 1.41. The van der Waals surface area contributed by atoms with Crippen LogP contribution in [-0.2, 0) is 5.41 Å². The summed E-state index contributed by atoms with van der Waals surface area (Å²) in [4.78, 5) is 16.8. The summed E-state index contributed by atoms with van der Waals surface area (Å²) in [5.74, 6) is 0.827. The molecule has 0 radical (unpaired) electrons. The molecule has 0 aliphatic rings. The van der Waals surface area contributed by atoms with E-state index in [0.717, 1.165) is 42.1 Å². The van der Waals surface area contributed by atoms with Gasteiger partial charge in [0, 0.05) is 29.6 Å². The first-order valence-corrected chi connectivity index (χ1v) is 11.3. The molecular weight excluding hydrogens is 408 g/mol. The Bertz CT molecular complexity index is 955. The van der Waals surface area contributed by atoms with Gasteiger partial charge in [-0.25, -0.2) is 9.78 Å². The number of carbonyl (C=O) groups excluding carboxylic acids is 1. The number of hydrogen-bond acceptors (Lipinski definition) is 5. The zero-order valence-corrected chi connectivity index (χ0v) is 19.1. The lowest BCUT2D eigenvalue weighted by atomic mass is 9.82. The minimum absolute atomic E-state index is 0.223. The summed E-state index contributed by atoms with van der Waals surface area (Å²) in [5, 5.41) is 11.7. The van der Waals surface area contributed by atoms with Crippen LogP contribution in [0.4, 0.5) is 15.6 Å². The van der Waals surface area contributed by atoms with Gasteiger partial charge >= 0.3 is 6.03 Å². The molecule has 31 heavy (non-hydrogen) atoms. The predicted molar refractivity (Wildman–Crippen MR) is 128 cm³/mol. The molecule has 1 aromatic heterocycles. The lowest BCUT2D eigenvalue weighted by Crippen LogP contribution is -2.29. The van der Waals surface area contributed by atoms with Crippen LogP contribution in [0.2, 0.25) is 0 Å². The number of aromatic nitrogens is 1. The van der Waals surface area contributed by atoms with E-state index in [1.54, 1.807) is 7.11 Å². The highest BCUT2D eigenvalue weighted by Gasteiger charge is 2.26. The summed E-state index contributed by atoms with van der Waals surface area (Å²) in [6, 6.07) is 17.9. The van der Waals surface area contributed by atoms with Gasteiger partial charge in [0.25, 0.3) is 0 Å². The van der Waals surface area contributed by atoms with E-state index >= 15 is 0 Å². The van der Waals surface area contributed by atoms with Gasteiger partial charge in [0.1, 0.15) is 5.75 Å². The molecule has 3 N–H and O–H groups in total. The number of amides is 2. The number of rotatable bonds is 10. The Morgan fingerprint density at radius 3 is 2.45 bits per heavy atom. The molecule has 1 heterocycles. The number of benzene rings is 2. The third-order valence-corrected chi connectivity index (χ3v) is 5.93. The fourth-order valence-corrected chi connectivity index (χ4v) is 4.03. The number of thiazole rings is 1. The highest BCUT2D eigenvalue weighted by atomic mass is 32.1. The van der Waals surface area contributed by atoms with Crippen molar-refractivity contribution >= 4 is 28.2 Å². The number of nitrogens with one attached hydrogen (secondary N) is 3. The van der Waals surface area contributed by atoms with Crippen LogP contribution >= 0.6 is 11.3 Å². The molecule has 0 aliphatic carbocycles. The molecule has 6 nitrogen and oxygen atoms in total. The van der Waals surface area contributed by atoms with Crippen LogP contribution in [0.25, 0.3) is 0 Å². The third-order valence-electron chi connectivity index (χ3n) is 5.17. The van der Waals surface area contributed by atoms with Crippen LogP contribution in [0.3, 0.4) is 0 Å². The average molecular weight is 439 g/mol. The number of urea groups is 1. The van der Waals surface area contributed by atoms with Crippen molar-refractivity contribution in [2.45, 2.75) is 32.1 Å². The molecule has 3 rings (SSSR count). The van der Waals surface area contributed by atoms with Crippen LogP contribution in [0, 0.1) is 0 Å². The number of methoxy groups -OCH3 is 1. The van der Waals surface area contributed by atoms with Gasteiger partial charge in [0.05, 0.1) is 12.8 Å². The van der Waals surface area contributed by atoms with Crippen molar-refractivity contribution in [3.05, 3.63) is 71.2 Å². The van der Waals surface area contributed by atoms with E-state index in [0.29, 0.717) is 11.7 Å². The van der Waals surface area contributed by atoms with Crippen molar-refractivity contribution in [1.82, 2.24) is 10.3 Å². The van der Waals surface area contributed by atoms with Crippen LogP contribution in [-0.4, -0.2) is 31.2 Å². The van der Waals surface area contributed by atoms with Gasteiger partial charge < -0.3 is 15.4 Å². The van der Waals surface area contributed by atoms with E-state index < -0.39 is 0 Å². The van der Waals surface area contributed by atoms with Gasteiger partial charge in [0.2, 0.25) is 0 Å². The summed E-state index contributed by atoms with van der Waals surface area (Å²) in [6.45, 7) is 5.75. The minimum Gasteiger partial charge on any atom is -0.497 e. The predicted octanol–water partition coefficient (Wildman–Crippen LogP) is 5.49. The van der Waals surface area contributed by atoms with E-state index in [1.165, 1.54) is 11.3 Å². The largest absolute Gasteiger partial charge is 0.497 e. The molecule has 0 saturated heterocycles. The zero-order chi connectivity index (χ0) is 22.1. The van der Waals surface area contributed by atoms with Crippen LogP contribution in [0.1, 0.15) is 37.9 Å². The van der Waals surface area contributed by atoms with Crippen molar-refractivity contribution in [3.8, 4) is 5.75 Å². The molecule has 0 aliphatic heterocycles. The summed E-state index contributed by atoms with van der Waals surface area (Å²) >= 11 is 1.43. The maximum atomic E-state index is 12.2. The maximum Gasteiger partial charge on any atom is 0.321 e. The van der Waals surface area contributed by atoms with Gasteiger partial charge in [0.15, 0.2) is 5.13 Å². The Morgan fingerprint density at radius 2 is 1.74 bits per heavy atom. The fourth-order valence-electron chi connectivity index (χ4n) is 3.16. The number of ether oxygens (including phenoxy) is 1. The summed E-state index contributed by atoms with van der Waals surface area (Å²) < 4.78 is 5.24. The monoisotopic (exact) mass is 438 g/mol. The summed E-state index contributed by atoms with van der Waals surface area (Å²) in [6.07, 6.45) is 1.88. The van der Waals surface area contributed by atoms with E-state index in [9.17, 15) is 4.79 Å². The molecule has 0 spiro atoms. The van der Waals surface area contributed by atoms with Crippen LogP contribution < -0.4 is 20.7 Å². The van der Waals surface area contributed by atoms with Crippen molar-refractivity contribution in [2.75, 3.05) is 30.8 Å². The Morgan fingerprint density at radius 1 is 1.03 bits per heavy atom. The molecule has 0 unspecified atom stereocenters. The molecular formula is C24H30N4O2S. The van der Waals surface area contributed by atoms with Crippen molar-refractivity contribution in [3.63, 3.8) is 0 Å². The standard InChI is InChI=1S/C24H30N4O2S/c1-24(2,18-11-13-20(30-3)14-12-18)21-17-31-23(27-21)28-22(29)26-16-8-7-15-25-19-9-5-4-6-10-19/h4-6,9-14,17,25H,7-8,15-16H2,1-3H3,(H2,26,27,28,29). The van der Waals surface area contributed by atoms with Gasteiger partial charge in [-0.05, 0) is 42.7 Å². The first-order valence-electron chi connectivity index (χ1n) is 10.4. The highest BCUT2D eigenvalue weighted by Crippen LogP contribution is 2.34. The number of hydrogen-bond donors (Lipinski definition) is 3. The van der Waals surface area contributed by atoms with Gasteiger partial charge in [-0.15, -0.1) is 11.3 Å². The molecule has 0 saturated carbocycles. The number of carbonyl (C=O) groups is 1. The number of nitrogens with zero attached hydrogens (tertiary/aromatic N) is 1. The smallest absolute Gasteiger partial charge is 0.321 e. The first-order chi connectivity index (χ1) is 15.0. The maximum absolute atomic E-state index is 12.2. The van der Waals surface area contributed by atoms with E-state index in [-0.39, 0.29) is 11.4 Å². The van der Waals surface area contributed by atoms with Crippen LogP contribution in [0.5, 0.6) is 5.75 Å². The van der Waals surface area contributed by atoms with Crippen molar-refractivity contribution in [2.24, 2.45) is 0 Å². The SMILES string of the molecule is COc1ccc(C(C)(C)c2csc(NC(=O)NCCCCNc3ccccc3)n2)cc1. The molecule has 0 fully saturated rings. The van der Waals surface area contributed by atoms with E-state index in [4.69, 9.17) is 4.74 Å². The molecule has 7 heteroatoms. The summed E-state index contributed by atoms with van der Waals surface area (Å²) in [7, 11) is 1.66. The Hall–Kier alpha value is -3.06. The van der Waals surface area contributed by atoms with Crippen LogP contribution in [0.15, 0.2) is 60.0 Å². The molecule has 0 bridgehead atoms. The van der Waals surface area contributed by atoms with Gasteiger partial charge in [-0.1, -0.05) is 44.2 Å². The topological polar surface area (TPSA) is 75.3 Å². The Labute approximate surface area is 188 Å². The quantitative estimate of drug-likeness (QED) is 0.366. The summed E-state index contributed by atoms with van der Waals surface area (Å²) in [5.41, 5.74) is 2.90. The zero-order valence-electron chi connectivity index (χ0n) is 18.3. The third kappa shape index (κ3) is 6.46. The Kier molecular flexibility index (Phi) is 7.89.